The van der Waals surface area contributed by atoms with Gasteiger partial charge in [-0.3, -0.25) is 0 Å². The molecule has 0 unspecified atom stereocenters. The van der Waals surface area contributed by atoms with Gasteiger partial charge in [-0.15, -0.1) is 0 Å². The molecule has 4 aliphatic carbocycles. The number of nitrogens with zero attached hydrogens (tertiary/aromatic N) is 1. The summed E-state index contributed by atoms with van der Waals surface area (Å²) in [5.41, 5.74) is 1.37. The smallest absolute Gasteiger partial charge is 0.0622 e. The second kappa shape index (κ2) is 7.33. The van der Waals surface area contributed by atoms with Gasteiger partial charge in [0.2, 0.25) is 0 Å². The molecule has 4 fully saturated rings. The third kappa shape index (κ3) is 3.53. The van der Waals surface area contributed by atoms with Gasteiger partial charge in [0.25, 0.3) is 0 Å². The SMILES string of the molecule is Cc1cc(C[C@@H](C)[C@H]2CC[C@H]3[C@@H]4CC[C@@H]5C[C@](C)(O)CC[C@@H]5[C@H]4CC[C@]23C)sn1. The predicted octanol–water partition coefficient (Wildman–Crippen LogP) is 6.65. The Morgan fingerprint density at radius 2 is 1.86 bits per heavy atom. The Kier molecular flexibility index (Phi) is 5.18. The average molecular weight is 416 g/mol. The largest absolute Gasteiger partial charge is 0.390 e. The molecule has 1 heterocycles. The van der Waals surface area contributed by atoms with Crippen LogP contribution in [0.5, 0.6) is 0 Å². The molecule has 0 radical (unpaired) electrons. The number of rotatable bonds is 3. The van der Waals surface area contributed by atoms with Crippen molar-refractivity contribution in [1.29, 1.82) is 0 Å². The molecule has 5 rings (SSSR count). The van der Waals surface area contributed by atoms with Gasteiger partial charge < -0.3 is 5.11 Å². The van der Waals surface area contributed by atoms with Gasteiger partial charge in [-0.25, -0.2) is 0 Å². The lowest BCUT2D eigenvalue weighted by atomic mass is 9.48. The van der Waals surface area contributed by atoms with Gasteiger partial charge in [0.1, 0.15) is 0 Å². The Morgan fingerprint density at radius 1 is 1.07 bits per heavy atom. The van der Waals surface area contributed by atoms with E-state index in [4.69, 9.17) is 0 Å². The molecule has 2 nitrogen and oxygen atoms in total. The van der Waals surface area contributed by atoms with Crippen LogP contribution in [0.1, 0.15) is 89.1 Å². The number of fused-ring (bicyclic) bond motifs is 5. The Hall–Kier alpha value is -0.410. The lowest BCUT2D eigenvalue weighted by molar-refractivity contribution is -0.102. The van der Waals surface area contributed by atoms with E-state index in [9.17, 15) is 5.11 Å². The lowest BCUT2D eigenvalue weighted by Crippen LogP contribution is -2.50. The summed E-state index contributed by atoms with van der Waals surface area (Å²) < 4.78 is 4.52. The molecule has 4 aliphatic rings. The van der Waals surface area contributed by atoms with E-state index in [1.807, 2.05) is 0 Å². The summed E-state index contributed by atoms with van der Waals surface area (Å²) in [6.45, 7) is 9.41. The minimum Gasteiger partial charge on any atom is -0.390 e. The van der Waals surface area contributed by atoms with Crippen molar-refractivity contribution in [2.24, 2.45) is 46.8 Å². The Balaban J connectivity index is 1.31. The fourth-order valence-corrected chi connectivity index (χ4v) is 9.90. The molecular weight excluding hydrogens is 374 g/mol. The summed E-state index contributed by atoms with van der Waals surface area (Å²) in [4.78, 5) is 1.49. The van der Waals surface area contributed by atoms with Gasteiger partial charge in [0.15, 0.2) is 0 Å². The van der Waals surface area contributed by atoms with E-state index in [0.717, 1.165) is 54.3 Å². The van der Waals surface area contributed by atoms with Crippen molar-refractivity contribution in [3.63, 3.8) is 0 Å². The highest BCUT2D eigenvalue weighted by Crippen LogP contribution is 2.65. The van der Waals surface area contributed by atoms with Crippen LogP contribution in [0.15, 0.2) is 6.07 Å². The number of aryl methyl sites for hydroxylation is 1. The third-order valence-corrected chi connectivity index (χ3v) is 11.1. The van der Waals surface area contributed by atoms with Crippen LogP contribution < -0.4 is 0 Å². The van der Waals surface area contributed by atoms with Crippen molar-refractivity contribution in [3.8, 4) is 0 Å². The van der Waals surface area contributed by atoms with Gasteiger partial charge in [0, 0.05) is 4.88 Å². The maximum atomic E-state index is 10.6. The van der Waals surface area contributed by atoms with E-state index in [1.54, 1.807) is 11.5 Å². The topological polar surface area (TPSA) is 33.1 Å². The van der Waals surface area contributed by atoms with Crippen LogP contribution in [0.4, 0.5) is 0 Å². The van der Waals surface area contributed by atoms with Gasteiger partial charge >= 0.3 is 0 Å². The second-order valence-electron chi connectivity index (χ2n) is 12.0. The number of hydrogen-bond acceptors (Lipinski definition) is 3. The van der Waals surface area contributed by atoms with E-state index in [1.165, 1.54) is 61.9 Å². The molecule has 0 bridgehead atoms. The molecule has 162 valence electrons. The van der Waals surface area contributed by atoms with Crippen molar-refractivity contribution < 1.29 is 5.11 Å². The standard InChI is InChI=1S/C26H41NOS/c1-16(13-19-14-17(2)27-29-19)23-7-8-24-22-6-5-18-15-25(3,28)11-9-20(18)21(22)10-12-26(23,24)4/h14,16,18,20-24,28H,5-13,15H2,1-4H3/t16-,18-,20+,21-,22-,23-,24+,25-,26-/m1/s1. The summed E-state index contributed by atoms with van der Waals surface area (Å²) in [6, 6.07) is 2.31. The molecule has 3 heteroatoms. The fourth-order valence-electron chi connectivity index (χ4n) is 9.03. The van der Waals surface area contributed by atoms with Crippen molar-refractivity contribution in [2.75, 3.05) is 0 Å². The first-order valence-electron chi connectivity index (χ1n) is 12.4. The van der Waals surface area contributed by atoms with Crippen LogP contribution in [0.25, 0.3) is 0 Å². The van der Waals surface area contributed by atoms with E-state index in [-0.39, 0.29) is 5.60 Å². The average Bonchev–Trinajstić information content (AvgIpc) is 3.22. The molecule has 0 spiro atoms. The molecule has 4 saturated carbocycles. The normalized spacial score (nSPS) is 47.9. The van der Waals surface area contributed by atoms with Gasteiger partial charge in [-0.2, -0.15) is 4.37 Å². The van der Waals surface area contributed by atoms with Crippen LogP contribution in [0, 0.1) is 53.8 Å². The van der Waals surface area contributed by atoms with E-state index in [2.05, 4.69) is 38.1 Å². The zero-order valence-electron chi connectivity index (χ0n) is 19.0. The second-order valence-corrected chi connectivity index (χ2v) is 12.9. The van der Waals surface area contributed by atoms with Gasteiger partial charge in [-0.1, -0.05) is 13.8 Å². The summed E-state index contributed by atoms with van der Waals surface area (Å²) in [5, 5.41) is 10.6. The zero-order chi connectivity index (χ0) is 20.4. The van der Waals surface area contributed by atoms with E-state index >= 15 is 0 Å². The minimum atomic E-state index is -0.389. The van der Waals surface area contributed by atoms with Gasteiger partial charge in [-0.05, 0) is 142 Å². The molecule has 0 amide bonds. The van der Waals surface area contributed by atoms with E-state index in [0.29, 0.717) is 5.41 Å². The zero-order valence-corrected chi connectivity index (χ0v) is 19.8. The summed E-state index contributed by atoms with van der Waals surface area (Å²) in [5.74, 6) is 6.27. The van der Waals surface area contributed by atoms with Crippen LogP contribution in [0.2, 0.25) is 0 Å². The van der Waals surface area contributed by atoms with Gasteiger partial charge in [0.05, 0.1) is 11.3 Å². The fraction of sp³-hybridized carbons (Fsp3) is 0.885. The molecule has 29 heavy (non-hydrogen) atoms. The number of aromatic nitrogens is 1. The van der Waals surface area contributed by atoms with Crippen molar-refractivity contribution >= 4 is 11.5 Å². The van der Waals surface area contributed by atoms with E-state index < -0.39 is 0 Å². The first-order valence-corrected chi connectivity index (χ1v) is 13.2. The maximum Gasteiger partial charge on any atom is 0.0622 e. The first-order chi connectivity index (χ1) is 13.8. The molecule has 0 saturated heterocycles. The van der Waals surface area contributed by atoms with Crippen molar-refractivity contribution in [1.82, 2.24) is 4.37 Å². The van der Waals surface area contributed by atoms with Crippen LogP contribution >= 0.6 is 11.5 Å². The number of hydrogen-bond donors (Lipinski definition) is 1. The summed E-state index contributed by atoms with van der Waals surface area (Å²) in [6.07, 6.45) is 13.3. The Morgan fingerprint density at radius 3 is 2.62 bits per heavy atom. The highest BCUT2D eigenvalue weighted by molar-refractivity contribution is 7.05. The Bertz CT molecular complexity index is 741. The highest BCUT2D eigenvalue weighted by atomic mass is 32.1. The molecule has 9 atom stereocenters. The molecule has 0 aliphatic heterocycles. The molecule has 1 aromatic rings. The minimum absolute atomic E-state index is 0.389. The molecule has 1 N–H and O–H groups in total. The Labute approximate surface area is 182 Å². The first kappa shape index (κ1) is 20.5. The molecular formula is C26H41NOS. The van der Waals surface area contributed by atoms with Crippen LogP contribution in [-0.4, -0.2) is 15.1 Å². The van der Waals surface area contributed by atoms with Crippen LogP contribution in [-0.2, 0) is 6.42 Å². The molecule has 1 aromatic heterocycles. The molecule has 0 aromatic carbocycles. The monoisotopic (exact) mass is 415 g/mol. The predicted molar refractivity (Wildman–Crippen MR) is 121 cm³/mol. The van der Waals surface area contributed by atoms with Crippen molar-refractivity contribution in [3.05, 3.63) is 16.6 Å². The van der Waals surface area contributed by atoms with Crippen LogP contribution in [0.3, 0.4) is 0 Å². The van der Waals surface area contributed by atoms with Crippen molar-refractivity contribution in [2.45, 2.75) is 97.5 Å². The highest BCUT2D eigenvalue weighted by Gasteiger charge is 2.58. The lowest BCUT2D eigenvalue weighted by Gasteiger charge is -2.57. The summed E-state index contributed by atoms with van der Waals surface area (Å²) in [7, 11) is 0. The summed E-state index contributed by atoms with van der Waals surface area (Å²) >= 11 is 1.72. The number of aliphatic hydroxyl groups is 1. The third-order valence-electron chi connectivity index (χ3n) is 10.2. The maximum absolute atomic E-state index is 10.6. The quantitative estimate of drug-likeness (QED) is 0.599.